The second kappa shape index (κ2) is 3.82. The largest absolute Gasteiger partial charge is 0.272 e. The molecule has 2 nitrogen and oxygen atoms in total. The normalized spacial score (nSPS) is 31.1. The van der Waals surface area contributed by atoms with Crippen LogP contribution >= 0.6 is 11.6 Å². The molecule has 0 aromatic carbocycles. The van der Waals surface area contributed by atoms with Gasteiger partial charge in [-0.15, -0.1) is 11.6 Å². The molecule has 0 amide bonds. The summed E-state index contributed by atoms with van der Waals surface area (Å²) >= 11 is 6.19. The standard InChI is InChI=1S/C12H19ClN2/c1-9-6-11(15(3)14-9)8-12(2)5-4-10(13)7-12/h6,10H,4-5,7-8H2,1-3H3. The summed E-state index contributed by atoms with van der Waals surface area (Å²) in [5, 5.41) is 4.77. The Hall–Kier alpha value is -0.500. The van der Waals surface area contributed by atoms with Gasteiger partial charge in [0.05, 0.1) is 5.69 Å². The quantitative estimate of drug-likeness (QED) is 0.709. The molecular weight excluding hydrogens is 208 g/mol. The molecule has 15 heavy (non-hydrogen) atoms. The molecule has 3 heteroatoms. The summed E-state index contributed by atoms with van der Waals surface area (Å²) in [5.41, 5.74) is 2.82. The minimum absolute atomic E-state index is 0.379. The Bertz CT molecular complexity index is 359. The number of halogens is 1. The van der Waals surface area contributed by atoms with Gasteiger partial charge in [0, 0.05) is 18.1 Å². The minimum Gasteiger partial charge on any atom is -0.272 e. The third-order valence-electron chi connectivity index (χ3n) is 3.48. The van der Waals surface area contributed by atoms with Crippen molar-refractivity contribution in [2.75, 3.05) is 0 Å². The van der Waals surface area contributed by atoms with Crippen LogP contribution in [0.25, 0.3) is 0 Å². The molecule has 1 fully saturated rings. The summed E-state index contributed by atoms with van der Waals surface area (Å²) in [6, 6.07) is 2.19. The van der Waals surface area contributed by atoms with E-state index >= 15 is 0 Å². The van der Waals surface area contributed by atoms with Crippen LogP contribution < -0.4 is 0 Å². The van der Waals surface area contributed by atoms with Crippen LogP contribution in [0.1, 0.15) is 37.6 Å². The molecule has 2 rings (SSSR count). The van der Waals surface area contributed by atoms with E-state index in [4.69, 9.17) is 11.6 Å². The van der Waals surface area contributed by atoms with Gasteiger partial charge in [-0.05, 0) is 44.1 Å². The first-order chi connectivity index (χ1) is 6.98. The fourth-order valence-corrected chi connectivity index (χ4v) is 3.15. The van der Waals surface area contributed by atoms with Crippen LogP contribution in [0.2, 0.25) is 0 Å². The van der Waals surface area contributed by atoms with Crippen molar-refractivity contribution in [2.24, 2.45) is 12.5 Å². The van der Waals surface area contributed by atoms with E-state index in [9.17, 15) is 0 Å². The van der Waals surface area contributed by atoms with Crippen molar-refractivity contribution in [2.45, 2.75) is 44.9 Å². The van der Waals surface area contributed by atoms with E-state index in [1.807, 2.05) is 18.7 Å². The number of hydrogen-bond acceptors (Lipinski definition) is 1. The molecule has 0 radical (unpaired) electrons. The Morgan fingerprint density at radius 3 is 2.87 bits per heavy atom. The van der Waals surface area contributed by atoms with Gasteiger partial charge in [-0.2, -0.15) is 5.10 Å². The van der Waals surface area contributed by atoms with E-state index in [-0.39, 0.29) is 0 Å². The Kier molecular flexibility index (Phi) is 2.80. The topological polar surface area (TPSA) is 17.8 Å². The number of nitrogens with zero attached hydrogens (tertiary/aromatic N) is 2. The molecule has 84 valence electrons. The lowest BCUT2D eigenvalue weighted by atomic mass is 9.84. The predicted molar refractivity (Wildman–Crippen MR) is 63.2 cm³/mol. The summed E-state index contributed by atoms with van der Waals surface area (Å²) in [6.45, 7) is 4.39. The number of aryl methyl sites for hydroxylation is 2. The third kappa shape index (κ3) is 2.36. The molecule has 1 aromatic rings. The highest BCUT2D eigenvalue weighted by molar-refractivity contribution is 6.20. The Morgan fingerprint density at radius 2 is 2.40 bits per heavy atom. The molecule has 0 saturated heterocycles. The maximum absolute atomic E-state index is 6.19. The number of alkyl halides is 1. The van der Waals surface area contributed by atoms with Gasteiger partial charge in [-0.3, -0.25) is 4.68 Å². The average Bonchev–Trinajstić information content (AvgIpc) is 2.58. The molecule has 0 aliphatic heterocycles. The van der Waals surface area contributed by atoms with Gasteiger partial charge < -0.3 is 0 Å². The van der Waals surface area contributed by atoms with Gasteiger partial charge in [0.2, 0.25) is 0 Å². The van der Waals surface area contributed by atoms with E-state index in [1.54, 1.807) is 0 Å². The van der Waals surface area contributed by atoms with Gasteiger partial charge in [0.25, 0.3) is 0 Å². The van der Waals surface area contributed by atoms with Crippen molar-refractivity contribution in [3.05, 3.63) is 17.5 Å². The SMILES string of the molecule is Cc1cc(CC2(C)CCC(Cl)C2)n(C)n1. The lowest BCUT2D eigenvalue weighted by Gasteiger charge is -2.23. The molecule has 0 spiro atoms. The fraction of sp³-hybridized carbons (Fsp3) is 0.750. The summed E-state index contributed by atoms with van der Waals surface area (Å²) < 4.78 is 2.00. The van der Waals surface area contributed by atoms with Crippen LogP contribution in [0, 0.1) is 12.3 Å². The zero-order valence-corrected chi connectivity index (χ0v) is 10.5. The van der Waals surface area contributed by atoms with Gasteiger partial charge in [0.1, 0.15) is 0 Å². The molecule has 1 aliphatic rings. The number of rotatable bonds is 2. The molecule has 0 bridgehead atoms. The van der Waals surface area contributed by atoms with Crippen LogP contribution in [-0.4, -0.2) is 15.2 Å². The highest BCUT2D eigenvalue weighted by Gasteiger charge is 2.34. The van der Waals surface area contributed by atoms with Crippen molar-refractivity contribution < 1.29 is 0 Å². The van der Waals surface area contributed by atoms with Gasteiger partial charge in [-0.25, -0.2) is 0 Å². The number of hydrogen-bond donors (Lipinski definition) is 0. The van der Waals surface area contributed by atoms with Gasteiger partial charge in [-0.1, -0.05) is 6.92 Å². The first-order valence-corrected chi connectivity index (χ1v) is 6.06. The average molecular weight is 227 g/mol. The first kappa shape index (κ1) is 11.0. The van der Waals surface area contributed by atoms with Crippen molar-refractivity contribution in [3.63, 3.8) is 0 Å². The van der Waals surface area contributed by atoms with E-state index in [1.165, 1.54) is 12.1 Å². The minimum atomic E-state index is 0.379. The molecule has 1 aliphatic carbocycles. The van der Waals surface area contributed by atoms with Crippen LogP contribution in [0.4, 0.5) is 0 Å². The third-order valence-corrected chi connectivity index (χ3v) is 3.85. The Balaban J connectivity index is 2.11. The van der Waals surface area contributed by atoms with E-state index in [0.29, 0.717) is 10.8 Å². The summed E-state index contributed by atoms with van der Waals surface area (Å²) in [4.78, 5) is 0. The van der Waals surface area contributed by atoms with Gasteiger partial charge >= 0.3 is 0 Å². The molecule has 2 atom stereocenters. The molecule has 2 unspecified atom stereocenters. The van der Waals surface area contributed by atoms with Crippen molar-refractivity contribution in [3.8, 4) is 0 Å². The van der Waals surface area contributed by atoms with Crippen LogP contribution in [0.15, 0.2) is 6.07 Å². The van der Waals surface area contributed by atoms with Crippen LogP contribution in [0.3, 0.4) is 0 Å². The first-order valence-electron chi connectivity index (χ1n) is 5.62. The lowest BCUT2D eigenvalue weighted by molar-refractivity contribution is 0.326. The van der Waals surface area contributed by atoms with Crippen LogP contribution in [-0.2, 0) is 13.5 Å². The second-order valence-corrected chi connectivity index (χ2v) is 5.85. The fourth-order valence-electron chi connectivity index (χ4n) is 2.67. The molecule has 1 saturated carbocycles. The van der Waals surface area contributed by atoms with E-state index in [2.05, 4.69) is 18.1 Å². The Labute approximate surface area is 96.6 Å². The zero-order valence-electron chi connectivity index (χ0n) is 9.76. The summed E-state index contributed by atoms with van der Waals surface area (Å²) in [7, 11) is 2.03. The summed E-state index contributed by atoms with van der Waals surface area (Å²) in [6.07, 6.45) is 4.65. The van der Waals surface area contributed by atoms with Crippen molar-refractivity contribution in [1.82, 2.24) is 9.78 Å². The summed E-state index contributed by atoms with van der Waals surface area (Å²) in [5.74, 6) is 0. The maximum atomic E-state index is 6.19. The van der Waals surface area contributed by atoms with Crippen molar-refractivity contribution in [1.29, 1.82) is 0 Å². The zero-order chi connectivity index (χ0) is 11.1. The molecule has 1 heterocycles. The van der Waals surface area contributed by atoms with Gasteiger partial charge in [0.15, 0.2) is 0 Å². The van der Waals surface area contributed by atoms with E-state index in [0.717, 1.165) is 25.0 Å². The smallest absolute Gasteiger partial charge is 0.0596 e. The monoisotopic (exact) mass is 226 g/mol. The lowest BCUT2D eigenvalue weighted by Crippen LogP contribution is -2.17. The number of aromatic nitrogens is 2. The van der Waals surface area contributed by atoms with Crippen LogP contribution in [0.5, 0.6) is 0 Å². The highest BCUT2D eigenvalue weighted by atomic mass is 35.5. The highest BCUT2D eigenvalue weighted by Crippen LogP contribution is 2.42. The molecule has 0 N–H and O–H groups in total. The van der Waals surface area contributed by atoms with Crippen molar-refractivity contribution >= 4 is 11.6 Å². The second-order valence-electron chi connectivity index (χ2n) is 5.23. The maximum Gasteiger partial charge on any atom is 0.0596 e. The molecule has 1 aromatic heterocycles. The Morgan fingerprint density at radius 1 is 1.67 bits per heavy atom. The molecular formula is C12H19ClN2. The van der Waals surface area contributed by atoms with E-state index < -0.39 is 0 Å². The predicted octanol–water partition coefficient (Wildman–Crippen LogP) is 3.07.